The number of fused-ring (bicyclic) bond motifs is 2. The van der Waals surface area contributed by atoms with Crippen molar-refractivity contribution in [1.29, 1.82) is 0 Å². The van der Waals surface area contributed by atoms with Crippen molar-refractivity contribution in [2.45, 2.75) is 40.2 Å². The van der Waals surface area contributed by atoms with Gasteiger partial charge in [-0.3, -0.25) is 9.59 Å². The Kier molecular flexibility index (Phi) is 2.98. The van der Waals surface area contributed by atoms with Gasteiger partial charge in [-0.25, -0.2) is 0 Å². The number of allylic oxidation sites excluding steroid dienone is 1. The maximum absolute atomic E-state index is 11.9. The molecule has 3 heteroatoms. The van der Waals surface area contributed by atoms with Crippen molar-refractivity contribution in [1.82, 2.24) is 0 Å². The lowest BCUT2D eigenvalue weighted by Gasteiger charge is -2.43. The highest BCUT2D eigenvalue weighted by Crippen LogP contribution is 2.45. The van der Waals surface area contributed by atoms with Crippen LogP contribution in [0.5, 0.6) is 0 Å². The van der Waals surface area contributed by atoms with Gasteiger partial charge in [-0.1, -0.05) is 32.4 Å². The molecular weight excluding hydrogens is 216 g/mol. The molecule has 1 fully saturated rings. The van der Waals surface area contributed by atoms with Gasteiger partial charge >= 0.3 is 0 Å². The topological polar surface area (TPSA) is 43.4 Å². The smallest absolute Gasteiger partial charge is 0.208 e. The molecule has 17 heavy (non-hydrogen) atoms. The summed E-state index contributed by atoms with van der Waals surface area (Å²) in [5, 5.41) is 0. The monoisotopic (exact) mass is 236 g/mol. The minimum absolute atomic E-state index is 0.0452. The number of hydrogen-bond acceptors (Lipinski definition) is 3. The molecule has 0 unspecified atom stereocenters. The third kappa shape index (κ3) is 1.97. The lowest BCUT2D eigenvalue weighted by molar-refractivity contribution is -0.149. The van der Waals surface area contributed by atoms with E-state index in [0.29, 0.717) is 13.0 Å². The van der Waals surface area contributed by atoms with Crippen molar-refractivity contribution < 1.29 is 14.3 Å². The van der Waals surface area contributed by atoms with Crippen LogP contribution in [0.15, 0.2) is 11.6 Å². The second kappa shape index (κ2) is 4.05. The number of carbonyl (C=O) groups excluding carboxylic acids is 2. The van der Waals surface area contributed by atoms with Crippen LogP contribution in [0.1, 0.15) is 34.1 Å². The predicted molar refractivity (Wildman–Crippen MR) is 64.6 cm³/mol. The highest BCUT2D eigenvalue weighted by molar-refractivity contribution is 6.41. The lowest BCUT2D eigenvalue weighted by atomic mass is 9.62. The first kappa shape index (κ1) is 12.5. The zero-order valence-electron chi connectivity index (χ0n) is 10.9. The summed E-state index contributed by atoms with van der Waals surface area (Å²) in [5.41, 5.74) is 1.07. The third-order valence-electron chi connectivity index (χ3n) is 3.71. The van der Waals surface area contributed by atoms with Crippen LogP contribution in [0.4, 0.5) is 0 Å². The van der Waals surface area contributed by atoms with E-state index in [-0.39, 0.29) is 34.9 Å². The number of Topliss-reactive ketones (excluding diaryl/α,β-unsaturated/α-hetero) is 2. The fraction of sp³-hybridized carbons (Fsp3) is 0.714. The van der Waals surface area contributed by atoms with E-state index in [4.69, 9.17) is 4.74 Å². The standard InChI is InChI=1S/C14H20O3/c1-5-17-11-7-8-10(14(2,3)4)6-9(11)13(16)12(8)15/h6,8-9,11H,5,7H2,1-4H3/t8-,9-,11-/m1/s1. The second-order valence-corrected chi connectivity index (χ2v) is 5.91. The van der Waals surface area contributed by atoms with Gasteiger partial charge in [0.25, 0.3) is 0 Å². The number of rotatable bonds is 2. The quantitative estimate of drug-likeness (QED) is 0.545. The molecule has 94 valence electrons. The predicted octanol–water partition coefficient (Wildman–Crippen LogP) is 2.15. The molecule has 0 aromatic rings. The normalized spacial score (nSPS) is 32.9. The highest BCUT2D eigenvalue weighted by atomic mass is 16.5. The molecule has 0 heterocycles. The number of carbonyl (C=O) groups is 2. The van der Waals surface area contributed by atoms with Gasteiger partial charge in [-0.05, 0) is 18.8 Å². The molecule has 0 amide bonds. The van der Waals surface area contributed by atoms with E-state index in [0.717, 1.165) is 5.57 Å². The van der Waals surface area contributed by atoms with Gasteiger partial charge in [0.2, 0.25) is 11.6 Å². The fourth-order valence-electron chi connectivity index (χ4n) is 2.91. The molecular formula is C14H20O3. The van der Waals surface area contributed by atoms with Gasteiger partial charge in [0.1, 0.15) is 0 Å². The van der Waals surface area contributed by atoms with Crippen molar-refractivity contribution in [3.8, 4) is 0 Å². The van der Waals surface area contributed by atoms with Crippen LogP contribution in [0.2, 0.25) is 0 Å². The Bertz CT molecular complexity index is 387. The van der Waals surface area contributed by atoms with E-state index in [1.54, 1.807) is 0 Å². The van der Waals surface area contributed by atoms with Crippen LogP contribution < -0.4 is 0 Å². The molecule has 0 saturated heterocycles. The first-order valence-corrected chi connectivity index (χ1v) is 6.28. The van der Waals surface area contributed by atoms with Crippen molar-refractivity contribution in [2.24, 2.45) is 17.3 Å². The van der Waals surface area contributed by atoms with E-state index in [1.807, 2.05) is 13.0 Å². The number of hydrogen-bond donors (Lipinski definition) is 0. The van der Waals surface area contributed by atoms with E-state index < -0.39 is 0 Å². The van der Waals surface area contributed by atoms with Gasteiger partial charge < -0.3 is 4.74 Å². The zero-order chi connectivity index (χ0) is 12.8. The van der Waals surface area contributed by atoms with Crippen LogP contribution in [0.25, 0.3) is 0 Å². The minimum Gasteiger partial charge on any atom is -0.377 e. The maximum atomic E-state index is 11.9. The summed E-state index contributed by atoms with van der Waals surface area (Å²) in [4.78, 5) is 23.8. The molecule has 0 aliphatic heterocycles. The lowest BCUT2D eigenvalue weighted by Crippen LogP contribution is -2.50. The Labute approximate surface area is 102 Å². The van der Waals surface area contributed by atoms with E-state index in [1.165, 1.54) is 0 Å². The molecule has 3 aliphatic carbocycles. The Morgan fingerprint density at radius 2 is 1.94 bits per heavy atom. The summed E-state index contributed by atoms with van der Waals surface area (Å²) in [6.45, 7) is 8.78. The molecule has 0 aromatic heterocycles. The number of ketones is 2. The average Bonchev–Trinajstić information content (AvgIpc) is 2.23. The van der Waals surface area contributed by atoms with Gasteiger partial charge in [-0.15, -0.1) is 0 Å². The van der Waals surface area contributed by atoms with Crippen molar-refractivity contribution in [3.05, 3.63) is 11.6 Å². The van der Waals surface area contributed by atoms with Crippen molar-refractivity contribution >= 4 is 11.6 Å². The van der Waals surface area contributed by atoms with Crippen LogP contribution in [0, 0.1) is 17.3 Å². The second-order valence-electron chi connectivity index (χ2n) is 5.91. The molecule has 0 spiro atoms. The Balaban J connectivity index is 2.37. The molecule has 2 bridgehead atoms. The molecule has 0 N–H and O–H groups in total. The molecule has 3 nitrogen and oxygen atoms in total. The summed E-state index contributed by atoms with van der Waals surface area (Å²) >= 11 is 0. The van der Waals surface area contributed by atoms with Gasteiger partial charge in [0.05, 0.1) is 12.0 Å². The zero-order valence-corrected chi connectivity index (χ0v) is 10.9. The molecule has 3 atom stereocenters. The van der Waals surface area contributed by atoms with Gasteiger partial charge in [-0.2, -0.15) is 0 Å². The van der Waals surface area contributed by atoms with Gasteiger partial charge in [0.15, 0.2) is 0 Å². The first-order valence-electron chi connectivity index (χ1n) is 6.28. The van der Waals surface area contributed by atoms with Crippen molar-refractivity contribution in [2.75, 3.05) is 6.61 Å². The Morgan fingerprint density at radius 3 is 2.47 bits per heavy atom. The maximum Gasteiger partial charge on any atom is 0.208 e. The van der Waals surface area contributed by atoms with E-state index in [9.17, 15) is 9.59 Å². The molecule has 0 radical (unpaired) electrons. The SMILES string of the molecule is CCO[C@@H]1C[C@H]2C(=O)C(=O)[C@@H]1C=C2C(C)(C)C. The summed E-state index contributed by atoms with van der Waals surface area (Å²) in [6, 6.07) is 0. The van der Waals surface area contributed by atoms with E-state index in [2.05, 4.69) is 20.8 Å². The summed E-state index contributed by atoms with van der Waals surface area (Å²) in [6.07, 6.45) is 2.56. The summed E-state index contributed by atoms with van der Waals surface area (Å²) in [5.74, 6) is -1.06. The summed E-state index contributed by atoms with van der Waals surface area (Å²) in [7, 11) is 0. The largest absolute Gasteiger partial charge is 0.377 e. The first-order chi connectivity index (χ1) is 7.86. The fourth-order valence-corrected chi connectivity index (χ4v) is 2.91. The van der Waals surface area contributed by atoms with Crippen LogP contribution in [0.3, 0.4) is 0 Å². The van der Waals surface area contributed by atoms with Crippen LogP contribution in [-0.2, 0) is 14.3 Å². The molecule has 0 aromatic carbocycles. The summed E-state index contributed by atoms with van der Waals surface area (Å²) < 4.78 is 5.58. The van der Waals surface area contributed by atoms with E-state index >= 15 is 0 Å². The third-order valence-corrected chi connectivity index (χ3v) is 3.71. The molecule has 1 saturated carbocycles. The Morgan fingerprint density at radius 1 is 1.29 bits per heavy atom. The van der Waals surface area contributed by atoms with Gasteiger partial charge in [0, 0.05) is 12.5 Å². The molecule has 3 aliphatic rings. The molecule has 3 rings (SSSR count). The Hall–Kier alpha value is -0.960. The number of ether oxygens (including phenoxy) is 1. The highest BCUT2D eigenvalue weighted by Gasteiger charge is 2.50. The van der Waals surface area contributed by atoms with Crippen molar-refractivity contribution in [3.63, 3.8) is 0 Å². The van der Waals surface area contributed by atoms with Crippen LogP contribution in [-0.4, -0.2) is 24.3 Å². The van der Waals surface area contributed by atoms with Crippen LogP contribution >= 0.6 is 0 Å². The average molecular weight is 236 g/mol. The minimum atomic E-state index is -0.346.